The van der Waals surface area contributed by atoms with Crippen LogP contribution >= 0.6 is 0 Å². The molecule has 1 amide bonds. The number of amides is 1. The third-order valence-electron chi connectivity index (χ3n) is 3.13. The van der Waals surface area contributed by atoms with Crippen molar-refractivity contribution in [1.29, 1.82) is 0 Å². The predicted octanol–water partition coefficient (Wildman–Crippen LogP) is 2.90. The minimum absolute atomic E-state index is 0.0687. The van der Waals surface area contributed by atoms with Gasteiger partial charge in [-0.15, -0.1) is 0 Å². The highest BCUT2D eigenvalue weighted by Crippen LogP contribution is 2.16. The van der Waals surface area contributed by atoms with E-state index in [2.05, 4.69) is 15.5 Å². The molecule has 2 aromatic heterocycles. The van der Waals surface area contributed by atoms with Crippen LogP contribution < -0.4 is 5.32 Å². The first kappa shape index (κ1) is 15.3. The molecule has 0 aliphatic carbocycles. The van der Waals surface area contributed by atoms with E-state index < -0.39 is 0 Å². The fourth-order valence-electron chi connectivity index (χ4n) is 1.90. The summed E-state index contributed by atoms with van der Waals surface area (Å²) < 4.78 is 10.6. The quantitative estimate of drug-likeness (QED) is 0.885. The third-order valence-corrected chi connectivity index (χ3v) is 3.13. The van der Waals surface area contributed by atoms with E-state index in [1.165, 1.54) is 0 Å². The molecule has 2 rings (SSSR count). The summed E-state index contributed by atoms with van der Waals surface area (Å²) in [5, 5.41) is 6.76. The highest BCUT2D eigenvalue weighted by atomic mass is 16.5. The van der Waals surface area contributed by atoms with Gasteiger partial charge in [-0.3, -0.25) is 4.79 Å². The van der Waals surface area contributed by atoms with Crippen LogP contribution in [-0.2, 0) is 11.2 Å². The molecule has 0 aromatic carbocycles. The maximum absolute atomic E-state index is 11.9. The lowest BCUT2D eigenvalue weighted by molar-refractivity contribution is -0.121. The summed E-state index contributed by atoms with van der Waals surface area (Å²) in [7, 11) is 0. The average Bonchev–Trinajstić information content (AvgIpc) is 3.05. The standard InChI is InChI=1S/C15H21N3O3/c1-9(2)15-17-14(21-18-15)8-7-13(19)16-11(4)12-6-5-10(3)20-12/h5-6,9,11H,7-8H2,1-4H3,(H,16,19)/t11-/m1/s1. The fourth-order valence-corrected chi connectivity index (χ4v) is 1.90. The lowest BCUT2D eigenvalue weighted by Crippen LogP contribution is -2.26. The van der Waals surface area contributed by atoms with E-state index in [0.29, 0.717) is 24.6 Å². The molecule has 114 valence electrons. The summed E-state index contributed by atoms with van der Waals surface area (Å²) in [5.41, 5.74) is 0. The number of nitrogens with zero attached hydrogens (tertiary/aromatic N) is 2. The van der Waals surface area contributed by atoms with Gasteiger partial charge in [-0.1, -0.05) is 19.0 Å². The summed E-state index contributed by atoms with van der Waals surface area (Å²) >= 11 is 0. The number of nitrogens with one attached hydrogen (secondary N) is 1. The lowest BCUT2D eigenvalue weighted by atomic mass is 10.2. The van der Waals surface area contributed by atoms with Crippen LogP contribution in [0.25, 0.3) is 0 Å². The summed E-state index contributed by atoms with van der Waals surface area (Å²) in [6.07, 6.45) is 0.749. The zero-order chi connectivity index (χ0) is 15.4. The molecule has 0 unspecified atom stereocenters. The summed E-state index contributed by atoms with van der Waals surface area (Å²) in [6.45, 7) is 7.75. The van der Waals surface area contributed by atoms with Crippen LogP contribution in [-0.4, -0.2) is 16.0 Å². The van der Waals surface area contributed by atoms with Gasteiger partial charge in [-0.05, 0) is 26.0 Å². The van der Waals surface area contributed by atoms with Gasteiger partial charge in [0.1, 0.15) is 11.5 Å². The van der Waals surface area contributed by atoms with Crippen molar-refractivity contribution in [3.63, 3.8) is 0 Å². The molecule has 0 spiro atoms. The second-order valence-corrected chi connectivity index (χ2v) is 5.44. The molecular formula is C15H21N3O3. The van der Waals surface area contributed by atoms with Gasteiger partial charge < -0.3 is 14.3 Å². The van der Waals surface area contributed by atoms with Crippen molar-refractivity contribution in [2.24, 2.45) is 0 Å². The predicted molar refractivity (Wildman–Crippen MR) is 76.7 cm³/mol. The molecular weight excluding hydrogens is 270 g/mol. The Hall–Kier alpha value is -2.11. The summed E-state index contributed by atoms with van der Waals surface area (Å²) in [4.78, 5) is 16.2. The first-order valence-corrected chi connectivity index (χ1v) is 7.14. The molecule has 0 saturated carbocycles. The van der Waals surface area contributed by atoms with Gasteiger partial charge in [0.15, 0.2) is 5.82 Å². The Morgan fingerprint density at radius 3 is 2.67 bits per heavy atom. The smallest absolute Gasteiger partial charge is 0.227 e. The van der Waals surface area contributed by atoms with Gasteiger partial charge in [0.05, 0.1) is 6.04 Å². The van der Waals surface area contributed by atoms with E-state index in [-0.39, 0.29) is 17.9 Å². The Morgan fingerprint density at radius 2 is 2.10 bits per heavy atom. The second-order valence-electron chi connectivity index (χ2n) is 5.44. The normalized spacial score (nSPS) is 12.6. The topological polar surface area (TPSA) is 81.2 Å². The highest BCUT2D eigenvalue weighted by Gasteiger charge is 2.15. The van der Waals surface area contributed by atoms with Crippen molar-refractivity contribution < 1.29 is 13.7 Å². The molecule has 6 heteroatoms. The van der Waals surface area contributed by atoms with Crippen LogP contribution in [0.2, 0.25) is 0 Å². The van der Waals surface area contributed by atoms with E-state index in [1.54, 1.807) is 0 Å². The van der Waals surface area contributed by atoms with Gasteiger partial charge >= 0.3 is 0 Å². The number of hydrogen-bond acceptors (Lipinski definition) is 5. The highest BCUT2D eigenvalue weighted by molar-refractivity contribution is 5.76. The van der Waals surface area contributed by atoms with Gasteiger partial charge in [0.2, 0.25) is 11.8 Å². The number of furan rings is 1. The number of rotatable bonds is 6. The molecule has 0 radical (unpaired) electrons. The SMILES string of the molecule is Cc1ccc([C@@H](C)NC(=O)CCc2nc(C(C)C)no2)o1. The largest absolute Gasteiger partial charge is 0.464 e. The van der Waals surface area contributed by atoms with Gasteiger partial charge in [0, 0.05) is 18.8 Å². The van der Waals surface area contributed by atoms with Gasteiger partial charge in [0.25, 0.3) is 0 Å². The van der Waals surface area contributed by atoms with Crippen molar-refractivity contribution in [2.45, 2.75) is 52.5 Å². The first-order chi connectivity index (χ1) is 9.95. The van der Waals surface area contributed by atoms with Crippen LogP contribution in [0.5, 0.6) is 0 Å². The molecule has 0 fully saturated rings. The van der Waals surface area contributed by atoms with Crippen LogP contribution in [0.3, 0.4) is 0 Å². The van der Waals surface area contributed by atoms with Gasteiger partial charge in [-0.25, -0.2) is 0 Å². The number of aromatic nitrogens is 2. The molecule has 6 nitrogen and oxygen atoms in total. The average molecular weight is 291 g/mol. The molecule has 0 saturated heterocycles. The van der Waals surface area contributed by atoms with Gasteiger partial charge in [-0.2, -0.15) is 4.98 Å². The Bertz CT molecular complexity index is 601. The zero-order valence-corrected chi connectivity index (χ0v) is 12.8. The van der Waals surface area contributed by atoms with Crippen LogP contribution in [0.1, 0.15) is 62.4 Å². The fraction of sp³-hybridized carbons (Fsp3) is 0.533. The minimum Gasteiger partial charge on any atom is -0.464 e. The Morgan fingerprint density at radius 1 is 1.33 bits per heavy atom. The van der Waals surface area contributed by atoms with Crippen molar-refractivity contribution in [3.8, 4) is 0 Å². The summed E-state index contributed by atoms with van der Waals surface area (Å²) in [5.74, 6) is 2.90. The monoisotopic (exact) mass is 291 g/mol. The molecule has 0 aliphatic rings. The molecule has 1 atom stereocenters. The van der Waals surface area contributed by atoms with E-state index in [4.69, 9.17) is 8.94 Å². The number of carbonyl (C=O) groups excluding carboxylic acids is 1. The molecule has 1 N–H and O–H groups in total. The lowest BCUT2D eigenvalue weighted by Gasteiger charge is -2.10. The van der Waals surface area contributed by atoms with Crippen LogP contribution in [0, 0.1) is 6.92 Å². The van der Waals surface area contributed by atoms with Crippen LogP contribution in [0.4, 0.5) is 0 Å². The number of carbonyl (C=O) groups is 1. The number of hydrogen-bond donors (Lipinski definition) is 1. The zero-order valence-electron chi connectivity index (χ0n) is 12.8. The van der Waals surface area contributed by atoms with Crippen molar-refractivity contribution in [2.75, 3.05) is 0 Å². The molecule has 2 aromatic rings. The molecule has 0 aliphatic heterocycles. The molecule has 2 heterocycles. The Balaban J connectivity index is 1.81. The molecule has 0 bridgehead atoms. The van der Waals surface area contributed by atoms with E-state index in [9.17, 15) is 4.79 Å². The number of aryl methyl sites for hydroxylation is 2. The maximum atomic E-state index is 11.9. The van der Waals surface area contributed by atoms with Crippen molar-refractivity contribution >= 4 is 5.91 Å². The van der Waals surface area contributed by atoms with Crippen LogP contribution in [0.15, 0.2) is 21.1 Å². The second kappa shape index (κ2) is 6.56. The molecule has 21 heavy (non-hydrogen) atoms. The third kappa shape index (κ3) is 4.18. The summed E-state index contributed by atoms with van der Waals surface area (Å²) in [6, 6.07) is 3.59. The van der Waals surface area contributed by atoms with E-state index in [1.807, 2.05) is 39.8 Å². The minimum atomic E-state index is -0.153. The van der Waals surface area contributed by atoms with E-state index >= 15 is 0 Å². The Labute approximate surface area is 123 Å². The Kier molecular flexibility index (Phi) is 4.77. The first-order valence-electron chi connectivity index (χ1n) is 7.14. The van der Waals surface area contributed by atoms with E-state index in [0.717, 1.165) is 11.5 Å². The maximum Gasteiger partial charge on any atom is 0.227 e. The van der Waals surface area contributed by atoms with Crippen molar-refractivity contribution in [1.82, 2.24) is 15.5 Å². The van der Waals surface area contributed by atoms with Crippen molar-refractivity contribution in [3.05, 3.63) is 35.4 Å².